The maximum Gasteiger partial charge on any atom is 0.410 e. The van der Waals surface area contributed by atoms with Crippen LogP contribution in [0, 0.1) is 0 Å². The summed E-state index contributed by atoms with van der Waals surface area (Å²) >= 11 is 0. The minimum Gasteiger partial charge on any atom is -0.444 e. The molecule has 0 saturated carbocycles. The molecule has 0 radical (unpaired) electrons. The number of hydrogen-bond donors (Lipinski definition) is 1. The predicted molar refractivity (Wildman–Crippen MR) is 182 cm³/mol. The minimum atomic E-state index is -0.590. The first-order chi connectivity index (χ1) is 21.7. The third-order valence-electron chi connectivity index (χ3n) is 8.13. The van der Waals surface area contributed by atoms with Gasteiger partial charge in [0, 0.05) is 32.4 Å². The number of nitrogens with zero attached hydrogens (tertiary/aromatic N) is 3. The number of carbonyl (C=O) groups is 2. The van der Waals surface area contributed by atoms with Crippen molar-refractivity contribution < 1.29 is 14.3 Å². The van der Waals surface area contributed by atoms with E-state index in [0.29, 0.717) is 31.6 Å². The van der Waals surface area contributed by atoms with Crippen LogP contribution >= 0.6 is 0 Å². The van der Waals surface area contributed by atoms with Crippen LogP contribution < -0.4 is 5.32 Å². The van der Waals surface area contributed by atoms with Crippen LogP contribution in [0.1, 0.15) is 62.9 Å². The van der Waals surface area contributed by atoms with E-state index < -0.39 is 5.60 Å². The van der Waals surface area contributed by atoms with Crippen molar-refractivity contribution in [1.29, 1.82) is 0 Å². The number of benzene rings is 3. The van der Waals surface area contributed by atoms with Crippen molar-refractivity contribution in [1.82, 2.24) is 14.4 Å². The number of carbonyl (C=O) groups excluding carboxylic acids is 2. The quantitative estimate of drug-likeness (QED) is 0.186. The van der Waals surface area contributed by atoms with Gasteiger partial charge in [0.25, 0.3) is 5.91 Å². The van der Waals surface area contributed by atoms with E-state index in [1.54, 1.807) is 4.90 Å². The van der Waals surface area contributed by atoms with Crippen molar-refractivity contribution in [3.63, 3.8) is 0 Å². The first-order valence-corrected chi connectivity index (χ1v) is 16.2. The molecule has 1 aromatic heterocycles. The van der Waals surface area contributed by atoms with Gasteiger partial charge in [0.1, 0.15) is 5.60 Å². The highest BCUT2D eigenvalue weighted by Crippen LogP contribution is 2.33. The Labute approximate surface area is 267 Å². The second-order valence-corrected chi connectivity index (χ2v) is 12.7. The lowest BCUT2D eigenvalue weighted by atomic mass is 10.00. The number of piperazine rings is 1. The summed E-state index contributed by atoms with van der Waals surface area (Å²) in [6.07, 6.45) is 5.75. The molecule has 0 spiro atoms. The van der Waals surface area contributed by atoms with Crippen LogP contribution in [0.25, 0.3) is 16.9 Å². The lowest BCUT2D eigenvalue weighted by Crippen LogP contribution is -2.57. The van der Waals surface area contributed by atoms with Crippen molar-refractivity contribution in [3.05, 3.63) is 108 Å². The van der Waals surface area contributed by atoms with E-state index in [-0.39, 0.29) is 18.0 Å². The van der Waals surface area contributed by atoms with Gasteiger partial charge in [-0.25, -0.2) is 4.79 Å². The van der Waals surface area contributed by atoms with Crippen molar-refractivity contribution in [2.45, 2.75) is 65.0 Å². The number of rotatable bonds is 10. The van der Waals surface area contributed by atoms with Gasteiger partial charge in [0.05, 0.1) is 28.7 Å². The molecular weight excluding hydrogens is 560 g/mol. The van der Waals surface area contributed by atoms with E-state index in [1.807, 2.05) is 86.5 Å². The van der Waals surface area contributed by atoms with E-state index in [2.05, 4.69) is 53.2 Å². The average Bonchev–Trinajstić information content (AvgIpc) is 3.48. The number of amides is 2. The zero-order valence-electron chi connectivity index (χ0n) is 27.0. The molecule has 45 heavy (non-hydrogen) atoms. The first kappa shape index (κ1) is 31.9. The number of hydrogen-bond acceptors (Lipinski definition) is 4. The monoisotopic (exact) mass is 606 g/mol. The molecule has 2 heterocycles. The number of anilines is 1. The van der Waals surface area contributed by atoms with E-state index in [9.17, 15) is 9.59 Å². The van der Waals surface area contributed by atoms with Crippen LogP contribution in [0.15, 0.2) is 97.2 Å². The lowest BCUT2D eigenvalue weighted by molar-refractivity contribution is 0.00440. The number of ether oxygens (including phenoxy) is 1. The SMILES string of the molecule is CCCCCNc1ccccc1-n1ccc(C(=O)N2CCN(C(=O)OC(C)(C)C)CC2Cc2ccccc2)c1-c1ccccc1. The Morgan fingerprint density at radius 3 is 2.27 bits per heavy atom. The van der Waals surface area contributed by atoms with Gasteiger partial charge in [-0.15, -0.1) is 0 Å². The molecule has 1 aliphatic heterocycles. The topological polar surface area (TPSA) is 66.8 Å². The number of aromatic nitrogens is 1. The van der Waals surface area contributed by atoms with Gasteiger partial charge in [-0.3, -0.25) is 4.79 Å². The van der Waals surface area contributed by atoms with Gasteiger partial charge in [-0.05, 0) is 62.9 Å². The van der Waals surface area contributed by atoms with Gasteiger partial charge in [-0.1, -0.05) is 92.6 Å². The zero-order chi connectivity index (χ0) is 31.8. The Kier molecular flexibility index (Phi) is 10.3. The minimum absolute atomic E-state index is 0.0363. The Hall–Kier alpha value is -4.52. The third-order valence-corrected chi connectivity index (χ3v) is 8.13. The number of para-hydroxylation sites is 2. The molecule has 1 atom stereocenters. The van der Waals surface area contributed by atoms with Crippen molar-refractivity contribution in [2.24, 2.45) is 0 Å². The Balaban J connectivity index is 1.50. The second kappa shape index (κ2) is 14.5. The molecule has 1 fully saturated rings. The smallest absolute Gasteiger partial charge is 0.410 e. The highest BCUT2D eigenvalue weighted by molar-refractivity contribution is 6.01. The van der Waals surface area contributed by atoms with Crippen LogP contribution in [0.4, 0.5) is 10.5 Å². The molecule has 1 saturated heterocycles. The fraction of sp³-hybridized carbons (Fsp3) is 0.368. The Morgan fingerprint density at radius 2 is 1.56 bits per heavy atom. The summed E-state index contributed by atoms with van der Waals surface area (Å²) in [5.74, 6) is -0.0363. The summed E-state index contributed by atoms with van der Waals surface area (Å²) in [4.78, 5) is 31.4. The standard InChI is InChI=1S/C38H46N4O3/c1-5-6-15-23-39-33-20-13-14-21-34(33)42-24-22-32(35(42)30-18-11-8-12-19-30)36(43)41-26-25-40(37(44)45-38(2,3)4)28-31(41)27-29-16-9-7-10-17-29/h7-14,16-22,24,31,39H,5-6,15,23,25-28H2,1-4H3. The van der Waals surface area contributed by atoms with E-state index in [0.717, 1.165) is 41.2 Å². The summed E-state index contributed by atoms with van der Waals surface area (Å²) in [5, 5.41) is 3.63. The maximum absolute atomic E-state index is 14.6. The summed E-state index contributed by atoms with van der Waals surface area (Å²) in [6, 6.07) is 30.3. The molecule has 7 heteroatoms. The van der Waals surface area contributed by atoms with Gasteiger partial charge in [0.2, 0.25) is 0 Å². The third kappa shape index (κ3) is 7.96. The summed E-state index contributed by atoms with van der Waals surface area (Å²) in [5.41, 5.74) is 5.04. The second-order valence-electron chi connectivity index (χ2n) is 12.7. The van der Waals surface area contributed by atoms with Crippen LogP contribution in [0.5, 0.6) is 0 Å². The molecule has 236 valence electrons. The lowest BCUT2D eigenvalue weighted by Gasteiger charge is -2.42. The van der Waals surface area contributed by atoms with Gasteiger partial charge < -0.3 is 24.4 Å². The molecule has 1 N–H and O–H groups in total. The van der Waals surface area contributed by atoms with Gasteiger partial charge in [0.15, 0.2) is 0 Å². The van der Waals surface area contributed by atoms with Crippen LogP contribution in [-0.2, 0) is 11.2 Å². The number of nitrogens with one attached hydrogen (secondary N) is 1. The van der Waals surface area contributed by atoms with E-state index in [4.69, 9.17) is 4.74 Å². The van der Waals surface area contributed by atoms with E-state index in [1.165, 1.54) is 12.8 Å². The molecule has 4 aromatic rings. The zero-order valence-corrected chi connectivity index (χ0v) is 27.0. The molecule has 1 unspecified atom stereocenters. The molecule has 2 amide bonds. The molecule has 1 aliphatic rings. The Morgan fingerprint density at radius 1 is 0.867 bits per heavy atom. The summed E-state index contributed by atoms with van der Waals surface area (Å²) in [7, 11) is 0. The molecule has 3 aromatic carbocycles. The highest BCUT2D eigenvalue weighted by Gasteiger charge is 2.36. The van der Waals surface area contributed by atoms with E-state index >= 15 is 0 Å². The molecule has 5 rings (SSSR count). The normalized spacial score (nSPS) is 15.2. The molecule has 7 nitrogen and oxygen atoms in total. The fourth-order valence-electron chi connectivity index (χ4n) is 5.96. The van der Waals surface area contributed by atoms with Crippen LogP contribution in [0.2, 0.25) is 0 Å². The van der Waals surface area contributed by atoms with Crippen LogP contribution in [0.3, 0.4) is 0 Å². The highest BCUT2D eigenvalue weighted by atomic mass is 16.6. The van der Waals surface area contributed by atoms with Crippen LogP contribution in [-0.4, -0.2) is 64.2 Å². The Bertz CT molecular complexity index is 1560. The van der Waals surface area contributed by atoms with Crippen molar-refractivity contribution in [2.75, 3.05) is 31.5 Å². The van der Waals surface area contributed by atoms with Crippen molar-refractivity contribution in [3.8, 4) is 16.9 Å². The average molecular weight is 607 g/mol. The van der Waals surface area contributed by atoms with Gasteiger partial charge in [-0.2, -0.15) is 0 Å². The first-order valence-electron chi connectivity index (χ1n) is 16.2. The summed E-state index contributed by atoms with van der Waals surface area (Å²) < 4.78 is 7.85. The molecule has 0 bridgehead atoms. The fourth-order valence-corrected chi connectivity index (χ4v) is 5.96. The predicted octanol–water partition coefficient (Wildman–Crippen LogP) is 8.05. The maximum atomic E-state index is 14.6. The number of unbranched alkanes of at least 4 members (excludes halogenated alkanes) is 2. The molecule has 0 aliphatic carbocycles. The van der Waals surface area contributed by atoms with Gasteiger partial charge >= 0.3 is 6.09 Å². The molecular formula is C38H46N4O3. The van der Waals surface area contributed by atoms with Crippen molar-refractivity contribution >= 4 is 17.7 Å². The summed E-state index contributed by atoms with van der Waals surface area (Å²) in [6.45, 7) is 9.97. The largest absolute Gasteiger partial charge is 0.444 e.